The normalized spacial score (nSPS) is 15.6. The van der Waals surface area contributed by atoms with E-state index >= 15 is 0 Å². The van der Waals surface area contributed by atoms with Crippen LogP contribution in [0, 0.1) is 0 Å². The Hall–Kier alpha value is -2.19. The molecular weight excluding hydrogens is 370 g/mol. The van der Waals surface area contributed by atoms with Crippen molar-refractivity contribution in [1.29, 1.82) is 0 Å². The quantitative estimate of drug-likeness (QED) is 0.538. The number of aliphatic imine (C=N–C) groups is 1. The first-order valence-electron chi connectivity index (χ1n) is 10.0. The maximum Gasteiger partial charge on any atom is 0.225 e. The zero-order valence-corrected chi connectivity index (χ0v) is 17.7. The summed E-state index contributed by atoms with van der Waals surface area (Å²) in [5, 5.41) is 5.55. The number of thiophene rings is 1. The third-order valence-electron chi connectivity index (χ3n) is 4.86. The van der Waals surface area contributed by atoms with Crippen molar-refractivity contribution < 1.29 is 0 Å². The summed E-state index contributed by atoms with van der Waals surface area (Å²) in [5.74, 6) is 1.83. The van der Waals surface area contributed by atoms with E-state index in [2.05, 4.69) is 61.5 Å². The van der Waals surface area contributed by atoms with Gasteiger partial charge in [-0.3, -0.25) is 9.89 Å². The summed E-state index contributed by atoms with van der Waals surface area (Å²) < 4.78 is 0. The van der Waals surface area contributed by atoms with E-state index in [9.17, 15) is 0 Å². The van der Waals surface area contributed by atoms with Gasteiger partial charge in [0, 0.05) is 70.1 Å². The van der Waals surface area contributed by atoms with Gasteiger partial charge in [-0.05, 0) is 30.9 Å². The predicted octanol–water partition coefficient (Wildman–Crippen LogP) is 1.80. The number of piperazine rings is 1. The fraction of sp³-hybridized carbons (Fsp3) is 0.550. The second kappa shape index (κ2) is 11.0. The van der Waals surface area contributed by atoms with Crippen LogP contribution in [0.5, 0.6) is 0 Å². The lowest BCUT2D eigenvalue weighted by atomic mass is 10.3. The molecule has 0 bridgehead atoms. The molecule has 7 nitrogen and oxygen atoms in total. The van der Waals surface area contributed by atoms with E-state index in [1.54, 1.807) is 12.4 Å². The monoisotopic (exact) mass is 401 g/mol. The van der Waals surface area contributed by atoms with Gasteiger partial charge in [-0.15, -0.1) is 11.3 Å². The van der Waals surface area contributed by atoms with Crippen LogP contribution in [0.4, 0.5) is 5.95 Å². The molecule has 0 saturated carbocycles. The van der Waals surface area contributed by atoms with Crippen molar-refractivity contribution in [2.45, 2.75) is 13.3 Å². The average Bonchev–Trinajstić information content (AvgIpc) is 3.26. The second-order valence-corrected chi connectivity index (χ2v) is 7.90. The number of guanidine groups is 1. The first-order valence-corrected chi connectivity index (χ1v) is 10.9. The fourth-order valence-corrected chi connectivity index (χ4v) is 3.93. The number of nitrogens with one attached hydrogen (secondary N) is 1. The number of likely N-dealkylation sites (N-methyl/N-ethyl adjacent to an activating group) is 1. The molecule has 2 aromatic heterocycles. The predicted molar refractivity (Wildman–Crippen MR) is 117 cm³/mol. The minimum Gasteiger partial charge on any atom is -0.357 e. The van der Waals surface area contributed by atoms with Crippen LogP contribution in [-0.4, -0.2) is 85.1 Å². The molecule has 1 aliphatic rings. The van der Waals surface area contributed by atoms with E-state index < -0.39 is 0 Å². The molecule has 8 heteroatoms. The van der Waals surface area contributed by atoms with E-state index in [0.29, 0.717) is 0 Å². The summed E-state index contributed by atoms with van der Waals surface area (Å²) in [4.78, 5) is 21.9. The Labute approximate surface area is 172 Å². The highest BCUT2D eigenvalue weighted by molar-refractivity contribution is 7.09. The molecule has 1 fully saturated rings. The first-order chi connectivity index (χ1) is 13.8. The molecule has 3 heterocycles. The molecule has 0 aliphatic carbocycles. The standard InChI is InChI=1S/C20H31N7S/c1-3-21-19(25(2)11-7-18-6-4-17-28-18)24-10-12-26-13-15-27(16-14-26)20-22-8-5-9-23-20/h4-6,8-9,17H,3,7,10-16H2,1-2H3,(H,21,24). The lowest BCUT2D eigenvalue weighted by Gasteiger charge is -2.34. The molecule has 0 amide bonds. The van der Waals surface area contributed by atoms with Crippen LogP contribution in [0.2, 0.25) is 0 Å². The Balaban J connectivity index is 1.42. The van der Waals surface area contributed by atoms with Crippen molar-refractivity contribution in [1.82, 2.24) is 25.1 Å². The number of hydrogen-bond acceptors (Lipinski definition) is 6. The van der Waals surface area contributed by atoms with E-state index in [1.165, 1.54) is 4.88 Å². The highest BCUT2D eigenvalue weighted by Crippen LogP contribution is 2.10. The highest BCUT2D eigenvalue weighted by atomic mass is 32.1. The summed E-state index contributed by atoms with van der Waals surface area (Å²) in [6, 6.07) is 6.17. The SMILES string of the molecule is CCNC(=NCCN1CCN(c2ncccn2)CC1)N(C)CCc1cccs1. The Morgan fingerprint density at radius 1 is 1.21 bits per heavy atom. The van der Waals surface area contributed by atoms with Crippen LogP contribution >= 0.6 is 11.3 Å². The molecule has 152 valence electrons. The van der Waals surface area contributed by atoms with Gasteiger partial charge >= 0.3 is 0 Å². The van der Waals surface area contributed by atoms with Crippen LogP contribution in [-0.2, 0) is 6.42 Å². The molecule has 28 heavy (non-hydrogen) atoms. The van der Waals surface area contributed by atoms with Gasteiger partial charge in [-0.25, -0.2) is 9.97 Å². The minimum atomic E-state index is 0.813. The Bertz CT molecular complexity index is 697. The molecule has 1 N–H and O–H groups in total. The minimum absolute atomic E-state index is 0.813. The maximum absolute atomic E-state index is 4.84. The maximum atomic E-state index is 4.84. The number of hydrogen-bond donors (Lipinski definition) is 1. The zero-order chi connectivity index (χ0) is 19.6. The van der Waals surface area contributed by atoms with Gasteiger partial charge in [0.1, 0.15) is 0 Å². The van der Waals surface area contributed by atoms with Crippen LogP contribution in [0.15, 0.2) is 41.0 Å². The lowest BCUT2D eigenvalue weighted by molar-refractivity contribution is 0.263. The van der Waals surface area contributed by atoms with Crippen molar-refractivity contribution in [3.63, 3.8) is 0 Å². The fourth-order valence-electron chi connectivity index (χ4n) is 3.23. The molecule has 0 atom stereocenters. The smallest absolute Gasteiger partial charge is 0.225 e. The molecule has 3 rings (SSSR count). The molecule has 0 spiro atoms. The first kappa shape index (κ1) is 20.5. The van der Waals surface area contributed by atoms with Crippen LogP contribution in [0.3, 0.4) is 0 Å². The molecular formula is C20H31N7S. The van der Waals surface area contributed by atoms with Crippen LogP contribution in [0.1, 0.15) is 11.8 Å². The van der Waals surface area contributed by atoms with Gasteiger partial charge in [0.15, 0.2) is 5.96 Å². The van der Waals surface area contributed by atoms with Crippen molar-refractivity contribution in [3.8, 4) is 0 Å². The number of anilines is 1. The largest absolute Gasteiger partial charge is 0.357 e. The average molecular weight is 402 g/mol. The second-order valence-electron chi connectivity index (χ2n) is 6.86. The summed E-state index contributed by atoms with van der Waals surface area (Å²) in [5.41, 5.74) is 0. The third-order valence-corrected chi connectivity index (χ3v) is 5.79. The van der Waals surface area contributed by atoms with Gasteiger partial charge in [-0.1, -0.05) is 6.07 Å². The van der Waals surface area contributed by atoms with E-state index in [-0.39, 0.29) is 0 Å². The van der Waals surface area contributed by atoms with Gasteiger partial charge in [0.25, 0.3) is 0 Å². The highest BCUT2D eigenvalue weighted by Gasteiger charge is 2.18. The lowest BCUT2D eigenvalue weighted by Crippen LogP contribution is -2.48. The van der Waals surface area contributed by atoms with Gasteiger partial charge < -0.3 is 15.1 Å². The third kappa shape index (κ3) is 6.17. The van der Waals surface area contributed by atoms with Crippen LogP contribution < -0.4 is 10.2 Å². The van der Waals surface area contributed by atoms with Crippen molar-refractivity contribution in [3.05, 3.63) is 40.8 Å². The topological polar surface area (TPSA) is 59.9 Å². The zero-order valence-electron chi connectivity index (χ0n) is 16.9. The molecule has 1 aliphatic heterocycles. The molecule has 2 aromatic rings. The van der Waals surface area contributed by atoms with Crippen molar-refractivity contribution in [2.24, 2.45) is 4.99 Å². The van der Waals surface area contributed by atoms with Crippen molar-refractivity contribution in [2.75, 3.05) is 64.3 Å². The van der Waals surface area contributed by atoms with Crippen molar-refractivity contribution >= 4 is 23.2 Å². The van der Waals surface area contributed by atoms with E-state index in [4.69, 9.17) is 4.99 Å². The van der Waals surface area contributed by atoms with E-state index in [1.807, 2.05) is 17.4 Å². The van der Waals surface area contributed by atoms with Gasteiger partial charge in [0.2, 0.25) is 5.95 Å². The molecule has 0 aromatic carbocycles. The van der Waals surface area contributed by atoms with Gasteiger partial charge in [-0.2, -0.15) is 0 Å². The number of aromatic nitrogens is 2. The Morgan fingerprint density at radius 2 is 2.00 bits per heavy atom. The summed E-state index contributed by atoms with van der Waals surface area (Å²) >= 11 is 1.82. The van der Waals surface area contributed by atoms with Crippen LogP contribution in [0.25, 0.3) is 0 Å². The summed E-state index contributed by atoms with van der Waals surface area (Å²) in [6.45, 7) is 9.76. The molecule has 0 radical (unpaired) electrons. The number of nitrogens with zero attached hydrogens (tertiary/aromatic N) is 6. The molecule has 1 saturated heterocycles. The van der Waals surface area contributed by atoms with E-state index in [0.717, 1.165) is 70.7 Å². The molecule has 0 unspecified atom stereocenters. The Morgan fingerprint density at radius 3 is 2.68 bits per heavy atom. The Kier molecular flexibility index (Phi) is 8.05. The summed E-state index contributed by atoms with van der Waals surface area (Å²) in [7, 11) is 2.12. The summed E-state index contributed by atoms with van der Waals surface area (Å²) in [6.07, 6.45) is 4.67. The number of rotatable bonds is 8. The van der Waals surface area contributed by atoms with Gasteiger partial charge in [0.05, 0.1) is 6.54 Å².